The first-order chi connectivity index (χ1) is 24.3. The Morgan fingerprint density at radius 1 is 0.882 bits per heavy atom. The molecular formula is C35H50N4O12. The predicted molar refractivity (Wildman–Crippen MR) is 181 cm³/mol. The van der Waals surface area contributed by atoms with Crippen LogP contribution in [0.5, 0.6) is 5.75 Å². The Bertz CT molecular complexity index is 1410. The summed E-state index contributed by atoms with van der Waals surface area (Å²) < 4.78 is 27.4. The smallest absolute Gasteiger partial charge is 0.309 e. The summed E-state index contributed by atoms with van der Waals surface area (Å²) in [7, 11) is 0. The summed E-state index contributed by atoms with van der Waals surface area (Å²) >= 11 is 0. The summed E-state index contributed by atoms with van der Waals surface area (Å²) in [5, 5.41) is 8.02. The highest BCUT2D eigenvalue weighted by molar-refractivity contribution is 6.24. The van der Waals surface area contributed by atoms with Gasteiger partial charge in [0.15, 0.2) is 12.4 Å². The number of hydrogen-bond donors (Lipinski definition) is 3. The fourth-order valence-electron chi connectivity index (χ4n) is 5.07. The van der Waals surface area contributed by atoms with Crippen molar-refractivity contribution in [1.29, 1.82) is 0 Å². The van der Waals surface area contributed by atoms with Gasteiger partial charge in [0, 0.05) is 39.3 Å². The van der Waals surface area contributed by atoms with Gasteiger partial charge in [0.2, 0.25) is 11.8 Å². The van der Waals surface area contributed by atoms with Crippen molar-refractivity contribution in [2.75, 3.05) is 65.9 Å². The monoisotopic (exact) mass is 718 g/mol. The SMILES string of the molecule is CC(CCC(=O)NCCCOCCOCCOCCCNC(=O)COc1cccc2c1C(=O)N(C1CNC(=O)CC1=O)C2=O)C(=O)OC(C)(C)C. The van der Waals surface area contributed by atoms with E-state index in [4.69, 9.17) is 23.7 Å². The Labute approximate surface area is 297 Å². The van der Waals surface area contributed by atoms with E-state index in [1.807, 2.05) is 20.8 Å². The summed E-state index contributed by atoms with van der Waals surface area (Å²) in [6.45, 7) is 9.87. The number of nitrogens with one attached hydrogen (secondary N) is 3. The molecular weight excluding hydrogens is 668 g/mol. The van der Waals surface area contributed by atoms with Crippen LogP contribution in [0.3, 0.4) is 0 Å². The molecule has 0 bridgehead atoms. The number of piperidine rings is 1. The first kappa shape index (κ1) is 41.0. The number of benzene rings is 1. The molecule has 0 aromatic heterocycles. The molecule has 1 saturated heterocycles. The Kier molecular flexibility index (Phi) is 16.4. The zero-order chi connectivity index (χ0) is 37.4. The van der Waals surface area contributed by atoms with Gasteiger partial charge in [0.25, 0.3) is 17.7 Å². The minimum absolute atomic E-state index is 0.0246. The number of hydrogen-bond acceptors (Lipinski definition) is 12. The van der Waals surface area contributed by atoms with Crippen molar-refractivity contribution in [3.63, 3.8) is 0 Å². The molecule has 1 fully saturated rings. The predicted octanol–water partition coefficient (Wildman–Crippen LogP) is 0.939. The lowest BCUT2D eigenvalue weighted by Crippen LogP contribution is -2.55. The van der Waals surface area contributed by atoms with Crippen molar-refractivity contribution in [3.05, 3.63) is 29.3 Å². The van der Waals surface area contributed by atoms with Gasteiger partial charge in [0.05, 0.1) is 49.9 Å². The third kappa shape index (κ3) is 13.7. The summed E-state index contributed by atoms with van der Waals surface area (Å²) in [5.74, 6) is -3.50. The molecule has 0 spiro atoms. The molecule has 1 aromatic carbocycles. The first-order valence-electron chi connectivity index (χ1n) is 17.2. The van der Waals surface area contributed by atoms with Crippen molar-refractivity contribution in [3.8, 4) is 5.75 Å². The average molecular weight is 719 g/mol. The lowest BCUT2D eigenvalue weighted by Gasteiger charge is -2.28. The minimum Gasteiger partial charge on any atom is -0.483 e. The third-order valence-electron chi connectivity index (χ3n) is 7.71. The number of rotatable bonds is 22. The highest BCUT2D eigenvalue weighted by atomic mass is 16.6. The molecule has 1 aromatic rings. The summed E-state index contributed by atoms with van der Waals surface area (Å²) in [4.78, 5) is 87.0. The number of carbonyl (C=O) groups excluding carboxylic acids is 7. The molecule has 3 rings (SSSR count). The normalized spacial score (nSPS) is 16.4. The second-order valence-electron chi connectivity index (χ2n) is 13.1. The van der Waals surface area contributed by atoms with Gasteiger partial charge in [-0.3, -0.25) is 38.5 Å². The van der Waals surface area contributed by atoms with E-state index in [1.165, 1.54) is 18.2 Å². The molecule has 16 nitrogen and oxygen atoms in total. The van der Waals surface area contributed by atoms with Gasteiger partial charge in [0.1, 0.15) is 17.4 Å². The van der Waals surface area contributed by atoms with Crippen LogP contribution in [-0.4, -0.2) is 124 Å². The van der Waals surface area contributed by atoms with Crippen LogP contribution in [-0.2, 0) is 42.9 Å². The quantitative estimate of drug-likeness (QED) is 0.0663. The van der Waals surface area contributed by atoms with Gasteiger partial charge >= 0.3 is 5.97 Å². The van der Waals surface area contributed by atoms with Crippen molar-refractivity contribution >= 4 is 41.3 Å². The Morgan fingerprint density at radius 2 is 1.49 bits per heavy atom. The van der Waals surface area contributed by atoms with Gasteiger partial charge in [-0.1, -0.05) is 13.0 Å². The maximum atomic E-state index is 13.1. The Morgan fingerprint density at radius 3 is 2.10 bits per heavy atom. The van der Waals surface area contributed by atoms with E-state index in [-0.39, 0.29) is 47.6 Å². The van der Waals surface area contributed by atoms with E-state index < -0.39 is 54.1 Å². The van der Waals surface area contributed by atoms with Crippen LogP contribution in [0.4, 0.5) is 0 Å². The number of ether oxygens (including phenoxy) is 5. The zero-order valence-electron chi connectivity index (χ0n) is 29.8. The van der Waals surface area contributed by atoms with Crippen LogP contribution >= 0.6 is 0 Å². The van der Waals surface area contributed by atoms with Crippen LogP contribution < -0.4 is 20.7 Å². The van der Waals surface area contributed by atoms with E-state index in [1.54, 1.807) is 6.92 Å². The molecule has 2 aliphatic rings. The topological polar surface area (TPSA) is 205 Å². The number of amides is 5. The minimum atomic E-state index is -1.10. The van der Waals surface area contributed by atoms with Gasteiger partial charge in [-0.05, 0) is 52.2 Å². The van der Waals surface area contributed by atoms with Crippen LogP contribution in [0.25, 0.3) is 0 Å². The molecule has 16 heteroatoms. The number of nitrogens with zero attached hydrogens (tertiary/aromatic N) is 1. The van der Waals surface area contributed by atoms with Gasteiger partial charge in [-0.15, -0.1) is 0 Å². The van der Waals surface area contributed by atoms with Gasteiger partial charge < -0.3 is 39.6 Å². The van der Waals surface area contributed by atoms with Crippen LogP contribution in [0.1, 0.15) is 80.5 Å². The number of Topliss-reactive ketones (excluding diaryl/α,β-unsaturated/α-hetero) is 1. The Hall–Kier alpha value is -4.41. The van der Waals surface area contributed by atoms with Crippen molar-refractivity contribution in [2.24, 2.45) is 5.92 Å². The summed E-state index contributed by atoms with van der Waals surface area (Å²) in [6.07, 6.45) is 1.46. The van der Waals surface area contributed by atoms with Crippen LogP contribution in [0.2, 0.25) is 0 Å². The molecule has 0 radical (unpaired) electrons. The van der Waals surface area contributed by atoms with Crippen molar-refractivity contribution in [2.45, 2.75) is 71.4 Å². The highest BCUT2D eigenvalue weighted by Gasteiger charge is 2.46. The molecule has 282 valence electrons. The molecule has 5 amide bonds. The molecule has 2 heterocycles. The summed E-state index contributed by atoms with van der Waals surface area (Å²) in [5.41, 5.74) is -0.508. The molecule has 51 heavy (non-hydrogen) atoms. The summed E-state index contributed by atoms with van der Waals surface area (Å²) in [6, 6.07) is 3.34. The van der Waals surface area contributed by atoms with Crippen molar-refractivity contribution < 1.29 is 57.2 Å². The molecule has 2 atom stereocenters. The standard InChI is InChI=1S/C35H50N4O12/c1-23(34(46)51-35(2,3)4)10-11-28(41)36-12-6-14-47-16-18-49-19-17-48-15-7-13-37-30(43)22-50-27-9-5-8-24-31(27)33(45)39(32(24)44)25-21-38-29(42)20-26(25)40/h5,8-9,23,25H,6-7,10-22H2,1-4H3,(H,36,41)(H,37,43)(H,38,42). The molecule has 0 saturated carbocycles. The van der Waals surface area contributed by atoms with Crippen LogP contribution in [0, 0.1) is 5.92 Å². The Balaban J connectivity index is 1.15. The fraction of sp³-hybridized carbons (Fsp3) is 0.629. The highest BCUT2D eigenvalue weighted by Crippen LogP contribution is 2.33. The van der Waals surface area contributed by atoms with E-state index in [9.17, 15) is 33.6 Å². The fourth-order valence-corrected chi connectivity index (χ4v) is 5.07. The number of imide groups is 1. The van der Waals surface area contributed by atoms with E-state index in [2.05, 4.69) is 16.0 Å². The van der Waals surface area contributed by atoms with Crippen LogP contribution in [0.15, 0.2) is 18.2 Å². The second-order valence-corrected chi connectivity index (χ2v) is 13.1. The number of ketones is 1. The van der Waals surface area contributed by atoms with Crippen molar-refractivity contribution in [1.82, 2.24) is 20.9 Å². The van der Waals surface area contributed by atoms with E-state index in [0.29, 0.717) is 72.0 Å². The lowest BCUT2D eigenvalue weighted by molar-refractivity contribution is -0.159. The maximum absolute atomic E-state index is 13.1. The van der Waals surface area contributed by atoms with E-state index in [0.717, 1.165) is 4.90 Å². The van der Waals surface area contributed by atoms with Gasteiger partial charge in [-0.25, -0.2) is 0 Å². The molecule has 2 unspecified atom stereocenters. The molecule has 2 aliphatic heterocycles. The number of carbonyl (C=O) groups is 7. The number of esters is 1. The first-order valence-corrected chi connectivity index (χ1v) is 17.2. The second kappa shape index (κ2) is 20.4. The van der Waals surface area contributed by atoms with Gasteiger partial charge in [-0.2, -0.15) is 0 Å². The molecule has 3 N–H and O–H groups in total. The maximum Gasteiger partial charge on any atom is 0.309 e. The third-order valence-corrected chi connectivity index (χ3v) is 7.71. The van der Waals surface area contributed by atoms with E-state index >= 15 is 0 Å². The average Bonchev–Trinajstić information content (AvgIpc) is 3.32. The lowest BCUT2D eigenvalue weighted by atomic mass is 10.0. The molecule has 0 aliphatic carbocycles. The number of fused-ring (bicyclic) bond motifs is 1. The zero-order valence-corrected chi connectivity index (χ0v) is 29.8. The largest absolute Gasteiger partial charge is 0.483 e.